The zero-order valence-corrected chi connectivity index (χ0v) is 15.0. The number of allylic oxidation sites excluding steroid dienone is 1. The van der Waals surface area contributed by atoms with E-state index in [-0.39, 0.29) is 12.1 Å². The second-order valence-electron chi connectivity index (χ2n) is 7.24. The maximum Gasteiger partial charge on any atom is 0.334 e. The number of carbonyl (C=O) groups excluding carboxylic acids is 1. The van der Waals surface area contributed by atoms with Crippen LogP contribution in [-0.2, 0) is 14.3 Å². The zero-order chi connectivity index (χ0) is 17.2. The van der Waals surface area contributed by atoms with Gasteiger partial charge in [-0.2, -0.15) is 0 Å². The van der Waals surface area contributed by atoms with Crippen LogP contribution in [0.15, 0.2) is 24.0 Å². The lowest BCUT2D eigenvalue weighted by atomic mass is 9.79. The van der Waals surface area contributed by atoms with Gasteiger partial charge < -0.3 is 15.2 Å². The Kier molecular flexibility index (Phi) is 8.37. The van der Waals surface area contributed by atoms with Gasteiger partial charge >= 0.3 is 5.97 Å². The molecule has 4 heteroatoms. The number of hydrogen-bond acceptors (Lipinski definition) is 4. The monoisotopic (exact) mass is 335 g/mol. The number of nitrogens with two attached hydrogens (primary N) is 1. The second kappa shape index (κ2) is 10.5. The van der Waals surface area contributed by atoms with E-state index in [0.29, 0.717) is 0 Å². The summed E-state index contributed by atoms with van der Waals surface area (Å²) in [6.07, 6.45) is 17.2. The Morgan fingerprint density at radius 3 is 2.58 bits per heavy atom. The van der Waals surface area contributed by atoms with Crippen molar-refractivity contribution in [3.63, 3.8) is 0 Å². The van der Waals surface area contributed by atoms with Crippen LogP contribution in [0.25, 0.3) is 0 Å². The summed E-state index contributed by atoms with van der Waals surface area (Å²) < 4.78 is 10.2. The summed E-state index contributed by atoms with van der Waals surface area (Å²) in [6, 6.07) is 0. The van der Waals surface area contributed by atoms with Crippen LogP contribution in [0.1, 0.15) is 64.2 Å². The van der Waals surface area contributed by atoms with Crippen LogP contribution < -0.4 is 5.73 Å². The molecule has 0 aromatic carbocycles. The Bertz CT molecular complexity index is 436. The van der Waals surface area contributed by atoms with Crippen molar-refractivity contribution in [1.82, 2.24) is 0 Å². The number of ether oxygens (including phenoxy) is 2. The number of esters is 1. The van der Waals surface area contributed by atoms with Crippen LogP contribution in [0.5, 0.6) is 0 Å². The first-order valence-corrected chi connectivity index (χ1v) is 9.49. The summed E-state index contributed by atoms with van der Waals surface area (Å²) in [7, 11) is 1.52. The van der Waals surface area contributed by atoms with Crippen LogP contribution >= 0.6 is 0 Å². The molecule has 0 aromatic rings. The first-order chi connectivity index (χ1) is 11.7. The van der Waals surface area contributed by atoms with Gasteiger partial charge in [0, 0.05) is 0 Å². The summed E-state index contributed by atoms with van der Waals surface area (Å²) in [4.78, 5) is 11.6. The fraction of sp³-hybridized carbons (Fsp3) is 0.750. The van der Waals surface area contributed by atoms with E-state index in [9.17, 15) is 4.79 Å². The fourth-order valence-corrected chi connectivity index (χ4v) is 3.95. The lowest BCUT2D eigenvalue weighted by Crippen LogP contribution is -2.24. The molecule has 1 unspecified atom stereocenters. The highest BCUT2D eigenvalue weighted by molar-refractivity contribution is 5.81. The van der Waals surface area contributed by atoms with Crippen molar-refractivity contribution < 1.29 is 14.3 Å². The Balaban J connectivity index is 1.60. The van der Waals surface area contributed by atoms with Gasteiger partial charge in [0.05, 0.1) is 19.4 Å². The normalized spacial score (nSPS) is 27.8. The number of methoxy groups -OCH3 is 1. The molecule has 24 heavy (non-hydrogen) atoms. The van der Waals surface area contributed by atoms with Gasteiger partial charge in [0.1, 0.15) is 6.10 Å². The van der Waals surface area contributed by atoms with Crippen LogP contribution in [0.3, 0.4) is 0 Å². The van der Waals surface area contributed by atoms with Gasteiger partial charge in [-0.15, -0.1) is 0 Å². The predicted molar refractivity (Wildman–Crippen MR) is 96.3 cm³/mol. The van der Waals surface area contributed by atoms with Crippen molar-refractivity contribution in [2.45, 2.75) is 70.3 Å². The largest absolute Gasteiger partial charge is 0.504 e. The van der Waals surface area contributed by atoms with E-state index < -0.39 is 0 Å². The topological polar surface area (TPSA) is 61.5 Å². The lowest BCUT2D eigenvalue weighted by molar-refractivity contribution is -0.145. The van der Waals surface area contributed by atoms with Gasteiger partial charge in [-0.25, -0.2) is 4.79 Å². The molecule has 0 radical (unpaired) electrons. The average Bonchev–Trinajstić information content (AvgIpc) is 2.61. The Labute approximate surface area is 146 Å². The molecule has 136 valence electrons. The predicted octanol–water partition coefficient (Wildman–Crippen LogP) is 4.10. The first kappa shape index (κ1) is 19.0. The maximum atomic E-state index is 11.6. The van der Waals surface area contributed by atoms with Crippen LogP contribution in [-0.4, -0.2) is 25.7 Å². The average molecular weight is 335 g/mol. The molecule has 1 atom stereocenters. The maximum absolute atomic E-state index is 11.6. The van der Waals surface area contributed by atoms with Gasteiger partial charge in [0.25, 0.3) is 0 Å². The Morgan fingerprint density at radius 1 is 1.21 bits per heavy atom. The Hall–Kier alpha value is -1.29. The molecule has 0 heterocycles. The van der Waals surface area contributed by atoms with Gasteiger partial charge in [-0.05, 0) is 76.2 Å². The summed E-state index contributed by atoms with van der Waals surface area (Å²) in [5, 5.41) is 0. The van der Waals surface area contributed by atoms with Crippen molar-refractivity contribution in [1.29, 1.82) is 0 Å². The van der Waals surface area contributed by atoms with Crippen LogP contribution in [0, 0.1) is 11.8 Å². The van der Waals surface area contributed by atoms with E-state index in [1.54, 1.807) is 5.57 Å². The fourth-order valence-electron chi connectivity index (χ4n) is 3.95. The molecule has 0 bridgehead atoms. The smallest absolute Gasteiger partial charge is 0.334 e. The van der Waals surface area contributed by atoms with Crippen molar-refractivity contribution in [3.05, 3.63) is 24.0 Å². The molecule has 2 N–H and O–H groups in total. The van der Waals surface area contributed by atoms with Crippen molar-refractivity contribution in [3.8, 4) is 0 Å². The number of carbonyl (C=O) groups is 1. The van der Waals surface area contributed by atoms with Crippen molar-refractivity contribution >= 4 is 5.97 Å². The van der Waals surface area contributed by atoms with E-state index in [4.69, 9.17) is 15.2 Å². The third-order valence-corrected chi connectivity index (χ3v) is 5.48. The lowest BCUT2D eigenvalue weighted by Gasteiger charge is -2.29. The molecule has 1 fully saturated rings. The summed E-state index contributed by atoms with van der Waals surface area (Å²) in [5.74, 6) is 1.38. The minimum atomic E-state index is -0.289. The van der Waals surface area contributed by atoms with E-state index >= 15 is 0 Å². The van der Waals surface area contributed by atoms with Gasteiger partial charge in [-0.1, -0.05) is 18.1 Å². The van der Waals surface area contributed by atoms with E-state index in [1.807, 2.05) is 0 Å². The highest BCUT2D eigenvalue weighted by Crippen LogP contribution is 2.34. The summed E-state index contributed by atoms with van der Waals surface area (Å²) in [5.41, 5.74) is 7.20. The summed E-state index contributed by atoms with van der Waals surface area (Å²) >= 11 is 0. The molecule has 4 nitrogen and oxygen atoms in total. The van der Waals surface area contributed by atoms with E-state index in [1.165, 1.54) is 64.4 Å². The first-order valence-electron chi connectivity index (χ1n) is 9.49. The summed E-state index contributed by atoms with van der Waals surface area (Å²) in [6.45, 7) is 0.783. The van der Waals surface area contributed by atoms with Gasteiger partial charge in [-0.3, -0.25) is 0 Å². The highest BCUT2D eigenvalue weighted by Gasteiger charge is 2.24. The molecule has 0 aliphatic heterocycles. The minimum absolute atomic E-state index is 0.0895. The standard InChI is InChI=1S/C20H33NO3/c1-23-15-13-20(22)24-19-10-8-17(9-11-19)3-2-16-4-6-18(7-5-16)12-14-21/h6,13,15-17,19H,2-5,7-12,14,21H2,1H3/b15-13+. The second-order valence-corrected chi connectivity index (χ2v) is 7.24. The third-order valence-electron chi connectivity index (χ3n) is 5.48. The van der Waals surface area contributed by atoms with Crippen LogP contribution in [0.4, 0.5) is 0 Å². The third kappa shape index (κ3) is 6.68. The van der Waals surface area contributed by atoms with Crippen LogP contribution in [0.2, 0.25) is 0 Å². The molecular formula is C20H33NO3. The molecule has 0 amide bonds. The van der Waals surface area contributed by atoms with E-state index in [0.717, 1.165) is 37.6 Å². The molecule has 1 saturated carbocycles. The van der Waals surface area contributed by atoms with Gasteiger partial charge in [0.2, 0.25) is 0 Å². The minimum Gasteiger partial charge on any atom is -0.504 e. The Morgan fingerprint density at radius 2 is 1.96 bits per heavy atom. The molecule has 2 aliphatic rings. The van der Waals surface area contributed by atoms with Crippen molar-refractivity contribution in [2.75, 3.05) is 13.7 Å². The molecular weight excluding hydrogens is 302 g/mol. The number of hydrogen-bond donors (Lipinski definition) is 1. The molecule has 0 aromatic heterocycles. The SMILES string of the molecule is CO/C=C/C(=O)OC1CCC(CCC2CC=C(CCN)CC2)CC1. The zero-order valence-electron chi connectivity index (χ0n) is 15.0. The van der Waals surface area contributed by atoms with E-state index in [2.05, 4.69) is 6.08 Å². The molecule has 0 spiro atoms. The molecule has 0 saturated heterocycles. The molecule has 2 aliphatic carbocycles. The number of rotatable bonds is 8. The van der Waals surface area contributed by atoms with Gasteiger partial charge in [0.15, 0.2) is 0 Å². The molecule has 2 rings (SSSR count). The quantitative estimate of drug-likeness (QED) is 0.314. The highest BCUT2D eigenvalue weighted by atomic mass is 16.5. The van der Waals surface area contributed by atoms with Crippen molar-refractivity contribution in [2.24, 2.45) is 17.6 Å².